The van der Waals surface area contributed by atoms with Crippen LogP contribution in [-0.2, 0) is 4.79 Å². The lowest BCUT2D eigenvalue weighted by atomic mass is 9.88. The summed E-state index contributed by atoms with van der Waals surface area (Å²) in [6, 6.07) is 15.3. The van der Waals surface area contributed by atoms with Gasteiger partial charge in [-0.2, -0.15) is 0 Å². The van der Waals surface area contributed by atoms with Gasteiger partial charge < -0.3 is 10.6 Å². The Balaban J connectivity index is 1.97. The average Bonchev–Trinajstić information content (AvgIpc) is 2.45. The van der Waals surface area contributed by atoms with Crippen LogP contribution in [0, 0.1) is 6.92 Å². The highest BCUT2D eigenvalue weighted by Crippen LogP contribution is 2.38. The van der Waals surface area contributed by atoms with E-state index in [1.807, 2.05) is 55.5 Å². The molecular weight excluding hydrogens is 316 g/mol. The van der Waals surface area contributed by atoms with Crippen LogP contribution in [0.25, 0.3) is 0 Å². The fraction of sp³-hybridized carbons (Fsp3) is 0.188. The van der Waals surface area contributed by atoms with Gasteiger partial charge in [0, 0.05) is 10.2 Å². The van der Waals surface area contributed by atoms with Gasteiger partial charge in [0.2, 0.25) is 5.91 Å². The number of halogens is 1. The smallest absolute Gasteiger partial charge is 0.247 e. The van der Waals surface area contributed by atoms with Crippen LogP contribution in [0.4, 0.5) is 5.69 Å². The Labute approximate surface area is 126 Å². The number of β-lactam (4-membered cyclic amide) rings is 1. The molecule has 0 radical (unpaired) electrons. The first-order valence-corrected chi connectivity index (χ1v) is 7.28. The van der Waals surface area contributed by atoms with Crippen molar-refractivity contribution >= 4 is 27.5 Å². The number of benzene rings is 2. The second-order valence-electron chi connectivity index (χ2n) is 5.07. The first kappa shape index (κ1) is 13.3. The second-order valence-corrected chi connectivity index (χ2v) is 5.99. The summed E-state index contributed by atoms with van der Waals surface area (Å²) in [5.41, 5.74) is 9.09. The lowest BCUT2D eigenvalue weighted by Gasteiger charge is -2.45. The number of carbonyl (C=O) groups excluding carboxylic acids is 1. The minimum atomic E-state index is -0.461. The normalized spacial score (nSPS) is 21.8. The quantitative estimate of drug-likeness (QED) is 0.859. The molecule has 0 bridgehead atoms. The molecule has 0 unspecified atom stereocenters. The molecule has 1 saturated heterocycles. The SMILES string of the molecule is Cc1cccc(N2C(=O)[C@H](N)[C@H]2c2ccc(Br)cc2)c1. The molecule has 1 fully saturated rings. The summed E-state index contributed by atoms with van der Waals surface area (Å²) in [5, 5.41) is 0. The van der Waals surface area contributed by atoms with Gasteiger partial charge in [0.25, 0.3) is 0 Å². The molecule has 2 aromatic rings. The van der Waals surface area contributed by atoms with E-state index in [1.54, 1.807) is 4.90 Å². The molecule has 20 heavy (non-hydrogen) atoms. The lowest BCUT2D eigenvalue weighted by Crippen LogP contribution is -2.63. The first-order valence-electron chi connectivity index (χ1n) is 6.49. The van der Waals surface area contributed by atoms with Crippen LogP contribution < -0.4 is 10.6 Å². The summed E-state index contributed by atoms with van der Waals surface area (Å²) in [7, 11) is 0. The fourth-order valence-electron chi connectivity index (χ4n) is 2.59. The Kier molecular flexibility index (Phi) is 3.36. The zero-order chi connectivity index (χ0) is 14.3. The molecule has 0 saturated carbocycles. The highest BCUT2D eigenvalue weighted by atomic mass is 79.9. The largest absolute Gasteiger partial charge is 0.318 e. The number of amides is 1. The van der Waals surface area contributed by atoms with Gasteiger partial charge in [0.05, 0.1) is 6.04 Å². The van der Waals surface area contributed by atoms with Crippen molar-refractivity contribution in [2.24, 2.45) is 5.73 Å². The number of hydrogen-bond donors (Lipinski definition) is 1. The van der Waals surface area contributed by atoms with E-state index < -0.39 is 6.04 Å². The van der Waals surface area contributed by atoms with Crippen molar-refractivity contribution in [3.05, 3.63) is 64.1 Å². The molecule has 2 aromatic carbocycles. The number of carbonyl (C=O) groups is 1. The van der Waals surface area contributed by atoms with Gasteiger partial charge in [-0.15, -0.1) is 0 Å². The molecule has 0 spiro atoms. The van der Waals surface area contributed by atoms with E-state index in [9.17, 15) is 4.79 Å². The van der Waals surface area contributed by atoms with Crippen molar-refractivity contribution in [2.45, 2.75) is 19.0 Å². The highest BCUT2D eigenvalue weighted by Gasteiger charge is 2.46. The van der Waals surface area contributed by atoms with Crippen molar-refractivity contribution in [2.75, 3.05) is 4.90 Å². The number of aryl methyl sites for hydroxylation is 1. The summed E-state index contributed by atoms with van der Waals surface area (Å²) in [5.74, 6) is -0.0245. The highest BCUT2D eigenvalue weighted by molar-refractivity contribution is 9.10. The molecule has 1 aliphatic heterocycles. The Morgan fingerprint density at radius 2 is 1.85 bits per heavy atom. The van der Waals surface area contributed by atoms with Gasteiger partial charge in [0.15, 0.2) is 0 Å². The molecule has 4 heteroatoms. The third kappa shape index (κ3) is 2.15. The third-order valence-corrected chi connectivity index (χ3v) is 4.16. The van der Waals surface area contributed by atoms with Crippen LogP contribution in [0.3, 0.4) is 0 Å². The zero-order valence-electron chi connectivity index (χ0n) is 11.1. The van der Waals surface area contributed by atoms with Crippen molar-refractivity contribution in [1.82, 2.24) is 0 Å². The molecule has 0 aliphatic carbocycles. The van der Waals surface area contributed by atoms with Crippen LogP contribution >= 0.6 is 15.9 Å². The average molecular weight is 331 g/mol. The number of hydrogen-bond acceptors (Lipinski definition) is 2. The summed E-state index contributed by atoms with van der Waals surface area (Å²) in [6.45, 7) is 2.02. The van der Waals surface area contributed by atoms with Crippen molar-refractivity contribution < 1.29 is 4.79 Å². The van der Waals surface area contributed by atoms with Crippen molar-refractivity contribution in [1.29, 1.82) is 0 Å². The van der Waals surface area contributed by atoms with Gasteiger partial charge in [-0.25, -0.2) is 0 Å². The molecular formula is C16H15BrN2O. The van der Waals surface area contributed by atoms with Crippen LogP contribution in [0.15, 0.2) is 53.0 Å². The molecule has 3 nitrogen and oxygen atoms in total. The molecule has 1 amide bonds. The lowest BCUT2D eigenvalue weighted by molar-refractivity contribution is -0.126. The topological polar surface area (TPSA) is 46.3 Å². The molecule has 1 heterocycles. The molecule has 3 rings (SSSR count). The summed E-state index contributed by atoms with van der Waals surface area (Å²) < 4.78 is 1.02. The second kappa shape index (κ2) is 5.04. The monoisotopic (exact) mass is 330 g/mol. The van der Waals surface area contributed by atoms with E-state index in [0.717, 1.165) is 21.3 Å². The predicted molar refractivity (Wildman–Crippen MR) is 83.5 cm³/mol. The van der Waals surface area contributed by atoms with E-state index in [4.69, 9.17) is 5.73 Å². The number of anilines is 1. The van der Waals surface area contributed by atoms with Gasteiger partial charge in [-0.05, 0) is 42.3 Å². The van der Waals surface area contributed by atoms with Crippen LogP contribution in [-0.4, -0.2) is 11.9 Å². The molecule has 0 aromatic heterocycles. The van der Waals surface area contributed by atoms with Crippen LogP contribution in [0.2, 0.25) is 0 Å². The maximum absolute atomic E-state index is 12.1. The van der Waals surface area contributed by atoms with E-state index in [1.165, 1.54) is 0 Å². The van der Waals surface area contributed by atoms with Gasteiger partial charge >= 0.3 is 0 Å². The number of nitrogens with zero attached hydrogens (tertiary/aromatic N) is 1. The van der Waals surface area contributed by atoms with Gasteiger partial charge in [0.1, 0.15) is 6.04 Å². The summed E-state index contributed by atoms with van der Waals surface area (Å²) in [4.78, 5) is 13.9. The van der Waals surface area contributed by atoms with E-state index in [2.05, 4.69) is 15.9 Å². The van der Waals surface area contributed by atoms with Crippen molar-refractivity contribution in [3.8, 4) is 0 Å². The van der Waals surface area contributed by atoms with Gasteiger partial charge in [-0.3, -0.25) is 4.79 Å². The number of rotatable bonds is 2. The Bertz CT molecular complexity index is 654. The minimum absolute atomic E-state index is 0.0245. The maximum atomic E-state index is 12.1. The van der Waals surface area contributed by atoms with Crippen molar-refractivity contribution in [3.63, 3.8) is 0 Å². The Morgan fingerprint density at radius 3 is 2.50 bits per heavy atom. The molecule has 2 N–H and O–H groups in total. The number of nitrogens with two attached hydrogens (primary N) is 1. The Morgan fingerprint density at radius 1 is 1.15 bits per heavy atom. The van der Waals surface area contributed by atoms with E-state index in [0.29, 0.717) is 0 Å². The predicted octanol–water partition coefficient (Wildman–Crippen LogP) is 3.17. The maximum Gasteiger partial charge on any atom is 0.247 e. The zero-order valence-corrected chi connectivity index (χ0v) is 12.7. The van der Waals surface area contributed by atoms with Crippen LogP contribution in [0.1, 0.15) is 17.2 Å². The molecule has 1 aliphatic rings. The van der Waals surface area contributed by atoms with E-state index in [-0.39, 0.29) is 11.9 Å². The third-order valence-electron chi connectivity index (χ3n) is 3.63. The van der Waals surface area contributed by atoms with Gasteiger partial charge in [-0.1, -0.05) is 40.2 Å². The van der Waals surface area contributed by atoms with Crippen LogP contribution in [0.5, 0.6) is 0 Å². The standard InChI is InChI=1S/C16H15BrN2O/c1-10-3-2-4-13(9-10)19-15(14(18)16(19)20)11-5-7-12(17)8-6-11/h2-9,14-15H,18H2,1H3/t14-,15-/m1/s1. The Hall–Kier alpha value is -1.65. The minimum Gasteiger partial charge on any atom is -0.318 e. The molecule has 102 valence electrons. The summed E-state index contributed by atoms with van der Waals surface area (Å²) >= 11 is 3.42. The molecule has 2 atom stereocenters. The summed E-state index contributed by atoms with van der Waals surface area (Å²) in [6.07, 6.45) is 0. The van der Waals surface area contributed by atoms with E-state index >= 15 is 0 Å². The first-order chi connectivity index (χ1) is 9.58. The fourth-order valence-corrected chi connectivity index (χ4v) is 2.86.